The lowest BCUT2D eigenvalue weighted by Gasteiger charge is -2.43. The van der Waals surface area contributed by atoms with Crippen molar-refractivity contribution in [3.05, 3.63) is 29.6 Å². The maximum Gasteiger partial charge on any atom is 0.152 e. The van der Waals surface area contributed by atoms with Crippen LogP contribution in [0.5, 0.6) is 0 Å². The third-order valence-electron chi connectivity index (χ3n) is 4.52. The van der Waals surface area contributed by atoms with Crippen LogP contribution in [0.25, 0.3) is 0 Å². The number of hydrogen-bond donors (Lipinski definition) is 1. The highest BCUT2D eigenvalue weighted by molar-refractivity contribution is 5.51. The molecule has 1 aromatic carbocycles. The third kappa shape index (κ3) is 3.34. The maximum absolute atomic E-state index is 14.1. The summed E-state index contributed by atoms with van der Waals surface area (Å²) in [6.45, 7) is 7.43. The fourth-order valence-corrected chi connectivity index (χ4v) is 2.94. The predicted octanol–water partition coefficient (Wildman–Crippen LogP) is 3.71. The molecule has 0 aliphatic carbocycles. The minimum Gasteiger partial charge on any atom is -0.361 e. The molecule has 0 amide bonds. The van der Waals surface area contributed by atoms with Crippen LogP contribution >= 0.6 is 0 Å². The van der Waals surface area contributed by atoms with Crippen molar-refractivity contribution in [3.8, 4) is 0 Å². The zero-order valence-electron chi connectivity index (χ0n) is 12.8. The molecule has 5 heteroatoms. The van der Waals surface area contributed by atoms with Gasteiger partial charge in [0.15, 0.2) is 11.6 Å². The van der Waals surface area contributed by atoms with Gasteiger partial charge >= 0.3 is 0 Å². The molecule has 1 aliphatic rings. The number of nitrogens with one attached hydrogen (secondary N) is 1. The Hall–Kier alpha value is -1.23. The molecule has 0 aromatic heterocycles. The number of halogens is 3. The molecule has 3 unspecified atom stereocenters. The molecular weight excluding hydrogens is 277 g/mol. The molecule has 3 atom stereocenters. The molecule has 0 bridgehead atoms. The summed E-state index contributed by atoms with van der Waals surface area (Å²) >= 11 is 0. The van der Waals surface area contributed by atoms with Crippen LogP contribution in [0.4, 0.5) is 18.9 Å². The van der Waals surface area contributed by atoms with Crippen molar-refractivity contribution >= 4 is 5.69 Å². The molecule has 1 aliphatic heterocycles. The summed E-state index contributed by atoms with van der Waals surface area (Å²) in [5.41, 5.74) is -0.0990. The first-order valence-electron chi connectivity index (χ1n) is 7.62. The Balaban J connectivity index is 2.33. The molecule has 1 aromatic rings. The van der Waals surface area contributed by atoms with Crippen molar-refractivity contribution in [1.29, 1.82) is 0 Å². The molecule has 0 radical (unpaired) electrons. The van der Waals surface area contributed by atoms with E-state index < -0.39 is 17.5 Å². The summed E-state index contributed by atoms with van der Waals surface area (Å²) in [6.07, 6.45) is 1.77. The fourth-order valence-electron chi connectivity index (χ4n) is 2.94. The van der Waals surface area contributed by atoms with Gasteiger partial charge in [0.05, 0.1) is 0 Å². The molecule has 0 spiro atoms. The topological polar surface area (TPSA) is 15.3 Å². The molecule has 2 nitrogen and oxygen atoms in total. The second kappa shape index (κ2) is 6.69. The first-order valence-corrected chi connectivity index (χ1v) is 7.62. The number of anilines is 1. The van der Waals surface area contributed by atoms with E-state index in [1.165, 1.54) is 0 Å². The molecule has 118 valence electrons. The lowest BCUT2D eigenvalue weighted by atomic mass is 9.94. The summed E-state index contributed by atoms with van der Waals surface area (Å²) in [7, 11) is 0. The van der Waals surface area contributed by atoms with Gasteiger partial charge in [0.25, 0.3) is 0 Å². The van der Waals surface area contributed by atoms with Gasteiger partial charge in [-0.25, -0.2) is 13.2 Å². The van der Waals surface area contributed by atoms with Crippen LogP contribution in [0.3, 0.4) is 0 Å². The number of hydrogen-bond acceptors (Lipinski definition) is 2. The van der Waals surface area contributed by atoms with Gasteiger partial charge in [-0.2, -0.15) is 0 Å². The molecule has 1 fully saturated rings. The Morgan fingerprint density at radius 3 is 2.38 bits per heavy atom. The Labute approximate surface area is 124 Å². The highest BCUT2D eigenvalue weighted by Gasteiger charge is 2.32. The standard InChI is InChI=1S/C16H23F3N2/c1-4-10(3)15-9-21(12(5-2)8-20-15)16-13(18)6-11(17)7-14(16)19/h6-7,10,12,15,20H,4-5,8-9H2,1-3H3. The van der Waals surface area contributed by atoms with Crippen molar-refractivity contribution in [2.45, 2.75) is 45.7 Å². The summed E-state index contributed by atoms with van der Waals surface area (Å²) in [6, 6.07) is 1.71. The van der Waals surface area contributed by atoms with E-state index >= 15 is 0 Å². The van der Waals surface area contributed by atoms with Gasteiger partial charge in [0.1, 0.15) is 11.5 Å². The van der Waals surface area contributed by atoms with E-state index in [0.29, 0.717) is 19.0 Å². The van der Waals surface area contributed by atoms with E-state index in [2.05, 4.69) is 19.2 Å². The van der Waals surface area contributed by atoms with Crippen LogP contribution in [0.1, 0.15) is 33.6 Å². The van der Waals surface area contributed by atoms with E-state index in [-0.39, 0.29) is 17.8 Å². The number of piperazine rings is 1. The summed E-state index contributed by atoms with van der Waals surface area (Å²) in [5.74, 6) is -2.11. The highest BCUT2D eigenvalue weighted by Crippen LogP contribution is 2.30. The zero-order chi connectivity index (χ0) is 15.6. The Bertz CT molecular complexity index is 469. The van der Waals surface area contributed by atoms with Crippen LogP contribution < -0.4 is 10.2 Å². The number of nitrogens with zero attached hydrogens (tertiary/aromatic N) is 1. The molecule has 0 saturated carbocycles. The van der Waals surface area contributed by atoms with Crippen molar-refractivity contribution in [2.75, 3.05) is 18.0 Å². The predicted molar refractivity (Wildman–Crippen MR) is 79.0 cm³/mol. The van der Waals surface area contributed by atoms with Gasteiger partial charge < -0.3 is 10.2 Å². The number of benzene rings is 1. The maximum atomic E-state index is 14.1. The fraction of sp³-hybridized carbons (Fsp3) is 0.625. The van der Waals surface area contributed by atoms with Crippen molar-refractivity contribution in [2.24, 2.45) is 5.92 Å². The second-order valence-corrected chi connectivity index (χ2v) is 5.83. The summed E-state index contributed by atoms with van der Waals surface area (Å²) < 4.78 is 41.3. The smallest absolute Gasteiger partial charge is 0.152 e. The van der Waals surface area contributed by atoms with Crippen molar-refractivity contribution in [1.82, 2.24) is 5.32 Å². The van der Waals surface area contributed by atoms with Gasteiger partial charge in [0.2, 0.25) is 0 Å². The van der Waals surface area contributed by atoms with Crippen LogP contribution in [0.2, 0.25) is 0 Å². The lowest BCUT2D eigenvalue weighted by Crippen LogP contribution is -2.58. The summed E-state index contributed by atoms with van der Waals surface area (Å²) in [4.78, 5) is 1.76. The first kappa shape index (κ1) is 16.1. The van der Waals surface area contributed by atoms with Gasteiger partial charge in [0, 0.05) is 37.3 Å². The van der Waals surface area contributed by atoms with E-state index in [0.717, 1.165) is 25.0 Å². The van der Waals surface area contributed by atoms with Crippen molar-refractivity contribution < 1.29 is 13.2 Å². The van der Waals surface area contributed by atoms with Crippen LogP contribution in [-0.4, -0.2) is 25.2 Å². The van der Waals surface area contributed by atoms with E-state index in [4.69, 9.17) is 0 Å². The largest absolute Gasteiger partial charge is 0.361 e. The monoisotopic (exact) mass is 300 g/mol. The van der Waals surface area contributed by atoms with Gasteiger partial charge in [-0.15, -0.1) is 0 Å². The second-order valence-electron chi connectivity index (χ2n) is 5.83. The van der Waals surface area contributed by atoms with Gasteiger partial charge in [-0.1, -0.05) is 27.2 Å². The van der Waals surface area contributed by atoms with Gasteiger partial charge in [-0.05, 0) is 12.3 Å². The van der Waals surface area contributed by atoms with Crippen LogP contribution in [-0.2, 0) is 0 Å². The molecule has 1 heterocycles. The van der Waals surface area contributed by atoms with Crippen LogP contribution in [0, 0.1) is 23.4 Å². The molecule has 2 rings (SSSR count). The normalized spacial score (nSPS) is 24.2. The van der Waals surface area contributed by atoms with Gasteiger partial charge in [-0.3, -0.25) is 0 Å². The lowest BCUT2D eigenvalue weighted by molar-refractivity contribution is 0.302. The minimum absolute atomic E-state index is 0.0137. The van der Waals surface area contributed by atoms with E-state index in [1.54, 1.807) is 4.90 Å². The minimum atomic E-state index is -0.879. The van der Waals surface area contributed by atoms with E-state index in [9.17, 15) is 13.2 Å². The molecule has 1 N–H and O–H groups in total. The molecule has 21 heavy (non-hydrogen) atoms. The molecular formula is C16H23F3N2. The first-order chi connectivity index (χ1) is 9.97. The summed E-state index contributed by atoms with van der Waals surface area (Å²) in [5, 5.41) is 3.46. The zero-order valence-corrected chi connectivity index (χ0v) is 12.8. The SMILES string of the molecule is CCC(C)C1CN(c2c(F)cc(F)cc2F)C(CC)CN1. The average Bonchev–Trinajstić information content (AvgIpc) is 2.45. The van der Waals surface area contributed by atoms with E-state index in [1.807, 2.05) is 6.92 Å². The molecule has 1 saturated heterocycles. The Morgan fingerprint density at radius 2 is 1.86 bits per heavy atom. The Morgan fingerprint density at radius 1 is 1.24 bits per heavy atom. The number of rotatable bonds is 4. The Kier molecular flexibility index (Phi) is 5.14. The third-order valence-corrected chi connectivity index (χ3v) is 4.52. The average molecular weight is 300 g/mol. The highest BCUT2D eigenvalue weighted by atomic mass is 19.1. The van der Waals surface area contributed by atoms with Crippen molar-refractivity contribution in [3.63, 3.8) is 0 Å². The van der Waals surface area contributed by atoms with Crippen LogP contribution in [0.15, 0.2) is 12.1 Å². The quantitative estimate of drug-likeness (QED) is 0.912.